The molecule has 2 heteroatoms. The molecule has 0 spiro atoms. The van der Waals surface area contributed by atoms with E-state index in [1.54, 1.807) is 0 Å². The van der Waals surface area contributed by atoms with E-state index in [1.165, 1.54) is 25.7 Å². The highest BCUT2D eigenvalue weighted by Crippen LogP contribution is 2.44. The highest BCUT2D eigenvalue weighted by Gasteiger charge is 2.43. The van der Waals surface area contributed by atoms with Crippen molar-refractivity contribution in [3.63, 3.8) is 0 Å². The van der Waals surface area contributed by atoms with Crippen molar-refractivity contribution in [2.75, 3.05) is 0 Å². The molecule has 1 amide bonds. The number of rotatable bonds is 3. The summed E-state index contributed by atoms with van der Waals surface area (Å²) in [6.07, 6.45) is 5.30. The number of hydrogen-bond acceptors (Lipinski definition) is 1. The van der Waals surface area contributed by atoms with Crippen molar-refractivity contribution < 1.29 is 4.79 Å². The van der Waals surface area contributed by atoms with Gasteiger partial charge in [0.1, 0.15) is 0 Å². The zero-order valence-electron chi connectivity index (χ0n) is 9.47. The predicted molar refractivity (Wildman–Crippen MR) is 56.8 cm³/mol. The van der Waals surface area contributed by atoms with Crippen LogP contribution < -0.4 is 5.32 Å². The van der Waals surface area contributed by atoms with Crippen LogP contribution in [0.5, 0.6) is 0 Å². The van der Waals surface area contributed by atoms with E-state index in [2.05, 4.69) is 5.32 Å². The highest BCUT2D eigenvalue weighted by molar-refractivity contribution is 5.81. The fourth-order valence-corrected chi connectivity index (χ4v) is 1.90. The van der Waals surface area contributed by atoms with Gasteiger partial charge < -0.3 is 5.32 Å². The lowest BCUT2D eigenvalue weighted by Crippen LogP contribution is -2.43. The zero-order chi connectivity index (χ0) is 10.3. The molecule has 0 saturated heterocycles. The molecule has 0 heterocycles. The monoisotopic (exact) mass is 195 g/mol. The fraction of sp³-hybridized carbons (Fsp3) is 0.917. The van der Waals surface area contributed by atoms with E-state index in [1.807, 2.05) is 20.8 Å². The lowest BCUT2D eigenvalue weighted by molar-refractivity contribution is -0.129. The molecule has 2 fully saturated rings. The molecule has 0 radical (unpaired) electrons. The van der Waals surface area contributed by atoms with E-state index in [4.69, 9.17) is 0 Å². The van der Waals surface area contributed by atoms with Crippen LogP contribution in [-0.2, 0) is 4.79 Å². The van der Waals surface area contributed by atoms with Gasteiger partial charge in [-0.3, -0.25) is 4.79 Å². The van der Waals surface area contributed by atoms with Gasteiger partial charge in [-0.2, -0.15) is 0 Å². The first kappa shape index (κ1) is 10.0. The average Bonchev–Trinajstić information content (AvgIpc) is 2.90. The third-order valence-electron chi connectivity index (χ3n) is 3.24. The topological polar surface area (TPSA) is 29.1 Å². The van der Waals surface area contributed by atoms with Crippen LogP contribution in [0.15, 0.2) is 0 Å². The molecule has 0 aromatic carbocycles. The fourth-order valence-electron chi connectivity index (χ4n) is 1.90. The standard InChI is InChI=1S/C12H21NO/c1-12(2,3)11(14)13-10(8-4-5-8)9-6-7-9/h8-10H,4-7H2,1-3H3,(H,13,14). The minimum absolute atomic E-state index is 0.223. The molecule has 0 unspecified atom stereocenters. The van der Waals surface area contributed by atoms with Crippen molar-refractivity contribution in [1.29, 1.82) is 0 Å². The molecule has 1 N–H and O–H groups in total. The third kappa shape index (κ3) is 2.28. The Morgan fingerprint density at radius 1 is 1.14 bits per heavy atom. The Labute approximate surface area is 86.5 Å². The minimum atomic E-state index is -0.234. The van der Waals surface area contributed by atoms with Crippen LogP contribution in [0.25, 0.3) is 0 Å². The van der Waals surface area contributed by atoms with Gasteiger partial charge >= 0.3 is 0 Å². The normalized spacial score (nSPS) is 22.6. The van der Waals surface area contributed by atoms with Crippen molar-refractivity contribution >= 4 is 5.91 Å². The number of carbonyl (C=O) groups is 1. The van der Waals surface area contributed by atoms with E-state index in [-0.39, 0.29) is 11.3 Å². The van der Waals surface area contributed by atoms with E-state index >= 15 is 0 Å². The molecule has 80 valence electrons. The van der Waals surface area contributed by atoms with Gasteiger partial charge in [-0.25, -0.2) is 0 Å². The number of nitrogens with one attached hydrogen (secondary N) is 1. The smallest absolute Gasteiger partial charge is 0.225 e. The van der Waals surface area contributed by atoms with Crippen molar-refractivity contribution in [1.82, 2.24) is 5.32 Å². The molecule has 2 nitrogen and oxygen atoms in total. The predicted octanol–water partition coefficient (Wildman–Crippen LogP) is 2.34. The molecule has 14 heavy (non-hydrogen) atoms. The first-order chi connectivity index (χ1) is 6.48. The second kappa shape index (κ2) is 3.25. The van der Waals surface area contributed by atoms with Gasteiger partial charge in [-0.1, -0.05) is 20.8 Å². The number of hydrogen-bond donors (Lipinski definition) is 1. The van der Waals surface area contributed by atoms with Gasteiger partial charge in [-0.05, 0) is 37.5 Å². The van der Waals surface area contributed by atoms with Crippen LogP contribution in [0.4, 0.5) is 0 Å². The Morgan fingerprint density at radius 2 is 1.57 bits per heavy atom. The van der Waals surface area contributed by atoms with E-state index in [9.17, 15) is 4.79 Å². The third-order valence-corrected chi connectivity index (χ3v) is 3.24. The maximum absolute atomic E-state index is 11.8. The molecule has 0 bridgehead atoms. The second-order valence-electron chi connectivity index (χ2n) is 5.92. The summed E-state index contributed by atoms with van der Waals surface area (Å²) in [5.41, 5.74) is -0.234. The maximum Gasteiger partial charge on any atom is 0.225 e. The SMILES string of the molecule is CC(C)(C)C(=O)NC(C1CC1)C1CC1. The van der Waals surface area contributed by atoms with Gasteiger partial charge in [-0.15, -0.1) is 0 Å². The quantitative estimate of drug-likeness (QED) is 0.735. The van der Waals surface area contributed by atoms with Crippen LogP contribution in [0, 0.1) is 17.3 Å². The van der Waals surface area contributed by atoms with Gasteiger partial charge in [0.25, 0.3) is 0 Å². The first-order valence-corrected chi connectivity index (χ1v) is 5.79. The summed E-state index contributed by atoms with van der Waals surface area (Å²) in [6, 6.07) is 0.502. The average molecular weight is 195 g/mol. The maximum atomic E-state index is 11.8. The lowest BCUT2D eigenvalue weighted by atomic mass is 9.94. The molecule has 2 aliphatic carbocycles. The summed E-state index contributed by atoms with van der Waals surface area (Å²) in [7, 11) is 0. The summed E-state index contributed by atoms with van der Waals surface area (Å²) < 4.78 is 0. The van der Waals surface area contributed by atoms with Crippen LogP contribution in [0.1, 0.15) is 46.5 Å². The Balaban J connectivity index is 1.90. The molecule has 2 rings (SSSR count). The Morgan fingerprint density at radius 3 is 1.86 bits per heavy atom. The van der Waals surface area contributed by atoms with Gasteiger partial charge in [0, 0.05) is 11.5 Å². The van der Waals surface area contributed by atoms with E-state index < -0.39 is 0 Å². The summed E-state index contributed by atoms with van der Waals surface area (Å²) in [4.78, 5) is 11.8. The Kier molecular flexibility index (Phi) is 2.32. The van der Waals surface area contributed by atoms with E-state index in [0.717, 1.165) is 11.8 Å². The van der Waals surface area contributed by atoms with Gasteiger partial charge in [0.15, 0.2) is 0 Å². The minimum Gasteiger partial charge on any atom is -0.352 e. The summed E-state index contributed by atoms with van der Waals surface area (Å²) in [5, 5.41) is 3.24. The Hall–Kier alpha value is -0.530. The first-order valence-electron chi connectivity index (χ1n) is 5.79. The van der Waals surface area contributed by atoms with Crippen LogP contribution in [0.2, 0.25) is 0 Å². The van der Waals surface area contributed by atoms with Crippen LogP contribution in [-0.4, -0.2) is 11.9 Å². The van der Waals surface area contributed by atoms with Crippen LogP contribution >= 0.6 is 0 Å². The Bertz CT molecular complexity index is 221. The summed E-state index contributed by atoms with van der Waals surface area (Å²) in [5.74, 6) is 1.82. The van der Waals surface area contributed by atoms with E-state index in [0.29, 0.717) is 6.04 Å². The van der Waals surface area contributed by atoms with Crippen molar-refractivity contribution in [3.8, 4) is 0 Å². The largest absolute Gasteiger partial charge is 0.352 e. The number of carbonyl (C=O) groups excluding carboxylic acids is 1. The van der Waals surface area contributed by atoms with Crippen LogP contribution in [0.3, 0.4) is 0 Å². The zero-order valence-corrected chi connectivity index (χ0v) is 9.47. The molecule has 0 atom stereocenters. The second-order valence-corrected chi connectivity index (χ2v) is 5.92. The highest BCUT2D eigenvalue weighted by atomic mass is 16.2. The van der Waals surface area contributed by atoms with Crippen molar-refractivity contribution in [2.24, 2.45) is 17.3 Å². The molecule has 0 aromatic rings. The molecule has 2 saturated carbocycles. The van der Waals surface area contributed by atoms with Crippen molar-refractivity contribution in [2.45, 2.75) is 52.5 Å². The number of amides is 1. The molecule has 0 aromatic heterocycles. The molecular formula is C12H21NO. The van der Waals surface area contributed by atoms with Gasteiger partial charge in [0.2, 0.25) is 5.91 Å². The van der Waals surface area contributed by atoms with Crippen molar-refractivity contribution in [3.05, 3.63) is 0 Å². The summed E-state index contributed by atoms with van der Waals surface area (Å²) in [6.45, 7) is 5.96. The lowest BCUT2D eigenvalue weighted by Gasteiger charge is -2.24. The molecular weight excluding hydrogens is 174 g/mol. The molecule has 2 aliphatic rings. The van der Waals surface area contributed by atoms with Gasteiger partial charge in [0.05, 0.1) is 0 Å². The summed E-state index contributed by atoms with van der Waals surface area (Å²) >= 11 is 0. The molecule has 0 aliphatic heterocycles.